The van der Waals surface area contributed by atoms with E-state index in [9.17, 15) is 14.4 Å². The van der Waals surface area contributed by atoms with Crippen LogP contribution in [0.4, 0.5) is 5.69 Å². The highest BCUT2D eigenvalue weighted by molar-refractivity contribution is 6.21. The van der Waals surface area contributed by atoms with Gasteiger partial charge in [-0.1, -0.05) is 0 Å². The van der Waals surface area contributed by atoms with Crippen LogP contribution in [-0.4, -0.2) is 51.0 Å². The second-order valence-corrected chi connectivity index (χ2v) is 5.79. The minimum atomic E-state index is -0.460. The summed E-state index contributed by atoms with van der Waals surface area (Å²) in [5.41, 5.74) is 1.17. The number of anilines is 1. The smallest absolute Gasteiger partial charge is 0.261 e. The maximum Gasteiger partial charge on any atom is 0.261 e. The van der Waals surface area contributed by atoms with Crippen molar-refractivity contribution >= 4 is 23.4 Å². The Labute approximate surface area is 155 Å². The molecule has 2 aromatic rings. The molecule has 0 bridgehead atoms. The van der Waals surface area contributed by atoms with E-state index in [-0.39, 0.29) is 17.0 Å². The van der Waals surface area contributed by atoms with E-state index in [2.05, 4.69) is 5.32 Å². The van der Waals surface area contributed by atoms with Crippen molar-refractivity contribution in [2.24, 2.45) is 0 Å². The minimum absolute atomic E-state index is 0.232. The number of carbonyl (C=O) groups excluding carboxylic acids is 3. The van der Waals surface area contributed by atoms with Crippen molar-refractivity contribution in [1.29, 1.82) is 0 Å². The molecule has 140 valence electrons. The van der Waals surface area contributed by atoms with Crippen LogP contribution in [0.2, 0.25) is 0 Å². The van der Waals surface area contributed by atoms with Crippen LogP contribution in [0, 0.1) is 0 Å². The summed E-state index contributed by atoms with van der Waals surface area (Å²) in [5, 5.41) is 2.70. The van der Waals surface area contributed by atoms with Crippen LogP contribution < -0.4 is 19.5 Å². The minimum Gasteiger partial charge on any atom is -0.496 e. The number of amides is 3. The number of methoxy groups -OCH3 is 3. The molecule has 0 aromatic heterocycles. The van der Waals surface area contributed by atoms with Crippen molar-refractivity contribution in [3.8, 4) is 17.2 Å². The summed E-state index contributed by atoms with van der Waals surface area (Å²) in [5.74, 6) is -0.130. The molecule has 0 aliphatic carbocycles. The van der Waals surface area contributed by atoms with Gasteiger partial charge in [0.25, 0.3) is 17.7 Å². The van der Waals surface area contributed by atoms with Crippen molar-refractivity contribution in [3.63, 3.8) is 0 Å². The Balaban J connectivity index is 1.93. The number of hydrogen-bond donors (Lipinski definition) is 1. The molecule has 3 amide bonds. The molecule has 27 heavy (non-hydrogen) atoms. The summed E-state index contributed by atoms with van der Waals surface area (Å²) in [6.07, 6.45) is 0. The molecule has 0 unspecified atom stereocenters. The van der Waals surface area contributed by atoms with Crippen molar-refractivity contribution in [3.05, 3.63) is 47.0 Å². The average Bonchev–Trinajstić information content (AvgIpc) is 2.90. The largest absolute Gasteiger partial charge is 0.496 e. The molecule has 0 atom stereocenters. The molecule has 0 fully saturated rings. The lowest BCUT2D eigenvalue weighted by atomic mass is 10.1. The molecule has 1 N–H and O–H groups in total. The van der Waals surface area contributed by atoms with Crippen molar-refractivity contribution in [1.82, 2.24) is 4.90 Å². The maximum absolute atomic E-state index is 12.7. The number of nitrogens with zero attached hydrogens (tertiary/aromatic N) is 1. The predicted octanol–water partition coefficient (Wildman–Crippen LogP) is 2.19. The fraction of sp³-hybridized carbons (Fsp3) is 0.211. The van der Waals surface area contributed by atoms with Crippen molar-refractivity contribution in [2.45, 2.75) is 0 Å². The van der Waals surface area contributed by atoms with Gasteiger partial charge >= 0.3 is 0 Å². The summed E-state index contributed by atoms with van der Waals surface area (Å²) < 4.78 is 15.7. The van der Waals surface area contributed by atoms with Crippen LogP contribution >= 0.6 is 0 Å². The third-order valence-corrected chi connectivity index (χ3v) is 4.30. The Morgan fingerprint density at radius 3 is 2.07 bits per heavy atom. The van der Waals surface area contributed by atoms with Gasteiger partial charge in [-0.2, -0.15) is 0 Å². The predicted molar refractivity (Wildman–Crippen MR) is 96.9 cm³/mol. The molecule has 8 heteroatoms. The summed E-state index contributed by atoms with van der Waals surface area (Å²) in [6, 6.07) is 7.61. The van der Waals surface area contributed by atoms with Crippen LogP contribution in [-0.2, 0) is 0 Å². The number of benzene rings is 2. The van der Waals surface area contributed by atoms with Crippen LogP contribution in [0.5, 0.6) is 17.2 Å². The summed E-state index contributed by atoms with van der Waals surface area (Å²) in [7, 11) is 5.80. The lowest BCUT2D eigenvalue weighted by Gasteiger charge is -2.14. The van der Waals surface area contributed by atoms with Crippen LogP contribution in [0.1, 0.15) is 31.1 Å². The molecule has 0 spiro atoms. The Hall–Kier alpha value is -3.55. The fourth-order valence-corrected chi connectivity index (χ4v) is 2.84. The molecular weight excluding hydrogens is 352 g/mol. The van der Waals surface area contributed by atoms with E-state index < -0.39 is 11.8 Å². The van der Waals surface area contributed by atoms with Gasteiger partial charge in [0.05, 0.1) is 38.0 Å². The zero-order valence-electron chi connectivity index (χ0n) is 15.3. The highest BCUT2D eigenvalue weighted by atomic mass is 16.5. The number of nitrogens with one attached hydrogen (secondary N) is 1. The average molecular weight is 370 g/mol. The number of hydrogen-bond acceptors (Lipinski definition) is 6. The van der Waals surface area contributed by atoms with Gasteiger partial charge in [0.1, 0.15) is 5.75 Å². The van der Waals surface area contributed by atoms with Crippen molar-refractivity contribution < 1.29 is 28.6 Å². The molecule has 1 aliphatic rings. The molecule has 1 heterocycles. The van der Waals surface area contributed by atoms with Crippen molar-refractivity contribution in [2.75, 3.05) is 33.7 Å². The SMILES string of the molecule is COc1cc(OC)c(C(=O)Nc2ccc3c(c2)C(=O)N(C)C3=O)cc1OC. The van der Waals surface area contributed by atoms with Gasteiger partial charge in [-0.3, -0.25) is 19.3 Å². The maximum atomic E-state index is 12.7. The lowest BCUT2D eigenvalue weighted by molar-refractivity contribution is 0.0692. The zero-order valence-corrected chi connectivity index (χ0v) is 15.3. The Kier molecular flexibility index (Phi) is 4.72. The molecule has 2 aromatic carbocycles. The Bertz CT molecular complexity index is 953. The molecule has 3 rings (SSSR count). The second-order valence-electron chi connectivity index (χ2n) is 5.79. The number of fused-ring (bicyclic) bond motifs is 1. The summed E-state index contributed by atoms with van der Waals surface area (Å²) in [6.45, 7) is 0. The summed E-state index contributed by atoms with van der Waals surface area (Å²) in [4.78, 5) is 37.8. The number of imide groups is 1. The highest BCUT2D eigenvalue weighted by Gasteiger charge is 2.32. The third-order valence-electron chi connectivity index (χ3n) is 4.30. The molecular formula is C19H18N2O6. The fourth-order valence-electron chi connectivity index (χ4n) is 2.84. The first-order chi connectivity index (χ1) is 12.9. The first-order valence-electron chi connectivity index (χ1n) is 7.99. The van der Waals surface area contributed by atoms with Crippen LogP contribution in [0.25, 0.3) is 0 Å². The van der Waals surface area contributed by atoms with Gasteiger partial charge in [-0.25, -0.2) is 0 Å². The van der Waals surface area contributed by atoms with Gasteiger partial charge in [0.15, 0.2) is 11.5 Å². The highest BCUT2D eigenvalue weighted by Crippen LogP contribution is 2.35. The Morgan fingerprint density at radius 1 is 0.852 bits per heavy atom. The van der Waals surface area contributed by atoms with E-state index in [0.29, 0.717) is 28.5 Å². The number of rotatable bonds is 5. The van der Waals surface area contributed by atoms with E-state index in [0.717, 1.165) is 4.90 Å². The topological polar surface area (TPSA) is 94.2 Å². The Morgan fingerprint density at radius 2 is 1.44 bits per heavy atom. The molecule has 0 saturated heterocycles. The number of carbonyl (C=O) groups is 3. The van der Waals surface area contributed by atoms with E-state index in [1.807, 2.05) is 0 Å². The summed E-state index contributed by atoms with van der Waals surface area (Å²) >= 11 is 0. The van der Waals surface area contributed by atoms with Crippen LogP contribution in [0.15, 0.2) is 30.3 Å². The lowest BCUT2D eigenvalue weighted by Crippen LogP contribution is -2.24. The first kappa shape index (κ1) is 18.2. The van der Waals surface area contributed by atoms with Crippen LogP contribution in [0.3, 0.4) is 0 Å². The normalized spacial score (nSPS) is 12.7. The van der Waals surface area contributed by atoms with Gasteiger partial charge in [-0.05, 0) is 18.2 Å². The van der Waals surface area contributed by atoms with E-state index in [1.165, 1.54) is 46.6 Å². The molecule has 0 saturated carbocycles. The van der Waals surface area contributed by atoms with E-state index >= 15 is 0 Å². The quantitative estimate of drug-likeness (QED) is 0.811. The van der Waals surface area contributed by atoms with E-state index in [1.54, 1.807) is 12.1 Å². The monoisotopic (exact) mass is 370 g/mol. The van der Waals surface area contributed by atoms with Gasteiger partial charge in [-0.15, -0.1) is 0 Å². The van der Waals surface area contributed by atoms with Gasteiger partial charge < -0.3 is 19.5 Å². The standard InChI is InChI=1S/C19H18N2O6/c1-21-18(23)11-6-5-10(7-12(11)19(21)24)20-17(22)13-8-15(26-3)16(27-4)9-14(13)25-2/h5-9H,1-4H3,(H,20,22). The van der Waals surface area contributed by atoms with Gasteiger partial charge in [0.2, 0.25) is 0 Å². The third kappa shape index (κ3) is 3.05. The zero-order chi connectivity index (χ0) is 19.7. The molecule has 8 nitrogen and oxygen atoms in total. The number of ether oxygens (including phenoxy) is 3. The molecule has 0 radical (unpaired) electrons. The second kappa shape index (κ2) is 6.99. The van der Waals surface area contributed by atoms with Gasteiger partial charge in [0, 0.05) is 24.9 Å². The molecule has 1 aliphatic heterocycles. The first-order valence-corrected chi connectivity index (χ1v) is 7.99. The van der Waals surface area contributed by atoms with E-state index in [4.69, 9.17) is 14.2 Å².